The SMILES string of the molecule is CC(C)N1CCC(C(=O)N(C(C)C)C2COC2)C1. The van der Waals surface area contributed by atoms with Crippen molar-refractivity contribution in [1.29, 1.82) is 0 Å². The van der Waals surface area contributed by atoms with Crippen LogP contribution in [0, 0.1) is 5.92 Å². The Morgan fingerprint density at radius 2 is 1.94 bits per heavy atom. The number of amides is 1. The molecule has 1 amide bonds. The molecule has 0 N–H and O–H groups in total. The molecule has 18 heavy (non-hydrogen) atoms. The predicted molar refractivity (Wildman–Crippen MR) is 71.4 cm³/mol. The third kappa shape index (κ3) is 2.69. The summed E-state index contributed by atoms with van der Waals surface area (Å²) in [6.07, 6.45) is 1.01. The minimum Gasteiger partial charge on any atom is -0.377 e. The number of carbonyl (C=O) groups is 1. The van der Waals surface area contributed by atoms with Crippen LogP contribution in [0.25, 0.3) is 0 Å². The van der Waals surface area contributed by atoms with Gasteiger partial charge in [0.25, 0.3) is 0 Å². The average Bonchev–Trinajstić information content (AvgIpc) is 2.70. The first-order valence-corrected chi connectivity index (χ1v) is 7.14. The van der Waals surface area contributed by atoms with Gasteiger partial charge in [-0.1, -0.05) is 0 Å². The lowest BCUT2D eigenvalue weighted by molar-refractivity contribution is -0.151. The molecule has 2 rings (SSSR count). The van der Waals surface area contributed by atoms with Crippen molar-refractivity contribution in [2.45, 2.75) is 52.2 Å². The van der Waals surface area contributed by atoms with Gasteiger partial charge in [0.15, 0.2) is 0 Å². The van der Waals surface area contributed by atoms with E-state index in [-0.39, 0.29) is 12.0 Å². The minimum absolute atomic E-state index is 0.190. The zero-order valence-corrected chi connectivity index (χ0v) is 12.1. The van der Waals surface area contributed by atoms with Crippen molar-refractivity contribution in [3.63, 3.8) is 0 Å². The van der Waals surface area contributed by atoms with Gasteiger partial charge < -0.3 is 14.5 Å². The summed E-state index contributed by atoms with van der Waals surface area (Å²) in [4.78, 5) is 17.1. The molecule has 2 fully saturated rings. The fourth-order valence-corrected chi connectivity index (χ4v) is 2.91. The Morgan fingerprint density at radius 1 is 1.28 bits per heavy atom. The van der Waals surface area contributed by atoms with Crippen LogP contribution in [0.3, 0.4) is 0 Å². The summed E-state index contributed by atoms with van der Waals surface area (Å²) in [6.45, 7) is 12.0. The van der Waals surface area contributed by atoms with E-state index in [1.54, 1.807) is 0 Å². The number of carbonyl (C=O) groups excluding carboxylic acids is 1. The molecule has 2 aliphatic rings. The Labute approximate surface area is 110 Å². The van der Waals surface area contributed by atoms with Gasteiger partial charge in [-0.15, -0.1) is 0 Å². The predicted octanol–water partition coefficient (Wildman–Crippen LogP) is 1.35. The van der Waals surface area contributed by atoms with Gasteiger partial charge in [-0.25, -0.2) is 0 Å². The van der Waals surface area contributed by atoms with Crippen LogP contribution in [0.4, 0.5) is 0 Å². The fraction of sp³-hybridized carbons (Fsp3) is 0.929. The van der Waals surface area contributed by atoms with Gasteiger partial charge in [-0.05, 0) is 40.7 Å². The van der Waals surface area contributed by atoms with Crippen LogP contribution in [0.15, 0.2) is 0 Å². The smallest absolute Gasteiger partial charge is 0.227 e. The molecule has 104 valence electrons. The van der Waals surface area contributed by atoms with Crippen LogP contribution in [0.5, 0.6) is 0 Å². The Balaban J connectivity index is 1.97. The Bertz CT molecular complexity index is 300. The topological polar surface area (TPSA) is 32.8 Å². The number of hydrogen-bond donors (Lipinski definition) is 0. The quantitative estimate of drug-likeness (QED) is 0.759. The number of ether oxygens (including phenoxy) is 1. The van der Waals surface area contributed by atoms with Crippen LogP contribution in [0.1, 0.15) is 34.1 Å². The second kappa shape index (κ2) is 5.57. The zero-order valence-electron chi connectivity index (χ0n) is 12.1. The molecule has 2 aliphatic heterocycles. The van der Waals surface area contributed by atoms with E-state index in [2.05, 4.69) is 37.5 Å². The van der Waals surface area contributed by atoms with Crippen LogP contribution in [0.2, 0.25) is 0 Å². The molecule has 0 saturated carbocycles. The molecule has 0 aliphatic carbocycles. The van der Waals surface area contributed by atoms with Crippen molar-refractivity contribution >= 4 is 5.91 Å². The maximum Gasteiger partial charge on any atom is 0.227 e. The van der Waals surface area contributed by atoms with Gasteiger partial charge in [-0.3, -0.25) is 4.79 Å². The highest BCUT2D eigenvalue weighted by Crippen LogP contribution is 2.24. The van der Waals surface area contributed by atoms with Crippen LogP contribution in [-0.2, 0) is 9.53 Å². The van der Waals surface area contributed by atoms with Gasteiger partial charge in [-0.2, -0.15) is 0 Å². The zero-order chi connectivity index (χ0) is 13.3. The van der Waals surface area contributed by atoms with E-state index in [1.807, 2.05) is 0 Å². The summed E-state index contributed by atoms with van der Waals surface area (Å²) in [5.41, 5.74) is 0. The van der Waals surface area contributed by atoms with Gasteiger partial charge >= 0.3 is 0 Å². The van der Waals surface area contributed by atoms with E-state index in [0.29, 0.717) is 31.2 Å². The summed E-state index contributed by atoms with van der Waals surface area (Å²) in [5, 5.41) is 0. The number of hydrogen-bond acceptors (Lipinski definition) is 3. The van der Waals surface area contributed by atoms with Gasteiger partial charge in [0.05, 0.1) is 25.2 Å². The number of likely N-dealkylation sites (tertiary alicyclic amines) is 1. The summed E-state index contributed by atoms with van der Waals surface area (Å²) >= 11 is 0. The largest absolute Gasteiger partial charge is 0.377 e. The minimum atomic E-state index is 0.190. The maximum atomic E-state index is 12.6. The standard InChI is InChI=1S/C14H26N2O2/c1-10(2)15-6-5-12(7-15)14(17)16(11(3)4)13-8-18-9-13/h10-13H,5-9H2,1-4H3. The molecule has 0 aromatic rings. The lowest BCUT2D eigenvalue weighted by Crippen LogP contribution is -2.56. The van der Waals surface area contributed by atoms with E-state index in [1.165, 1.54) is 0 Å². The third-order valence-electron chi connectivity index (χ3n) is 4.12. The molecule has 0 aromatic heterocycles. The molecule has 0 radical (unpaired) electrons. The molecule has 2 heterocycles. The molecule has 0 bridgehead atoms. The summed E-state index contributed by atoms with van der Waals surface area (Å²) in [6, 6.07) is 1.13. The lowest BCUT2D eigenvalue weighted by Gasteiger charge is -2.41. The molecule has 0 spiro atoms. The summed E-state index contributed by atoms with van der Waals surface area (Å²) < 4.78 is 5.23. The van der Waals surface area contributed by atoms with E-state index < -0.39 is 0 Å². The molecular formula is C14H26N2O2. The highest BCUT2D eigenvalue weighted by Gasteiger charge is 2.38. The Hall–Kier alpha value is -0.610. The third-order valence-corrected chi connectivity index (χ3v) is 4.12. The van der Waals surface area contributed by atoms with E-state index in [4.69, 9.17) is 4.74 Å². The monoisotopic (exact) mass is 254 g/mol. The summed E-state index contributed by atoms with van der Waals surface area (Å²) in [5.74, 6) is 0.525. The lowest BCUT2D eigenvalue weighted by atomic mass is 10.0. The van der Waals surface area contributed by atoms with Crippen LogP contribution < -0.4 is 0 Å². The van der Waals surface area contributed by atoms with Crippen molar-refractivity contribution in [1.82, 2.24) is 9.80 Å². The number of rotatable bonds is 4. The molecule has 2 saturated heterocycles. The highest BCUT2D eigenvalue weighted by molar-refractivity contribution is 5.80. The highest BCUT2D eigenvalue weighted by atomic mass is 16.5. The molecule has 1 atom stereocenters. The van der Waals surface area contributed by atoms with Crippen LogP contribution in [-0.4, -0.2) is 60.1 Å². The van der Waals surface area contributed by atoms with E-state index in [0.717, 1.165) is 19.5 Å². The molecule has 1 unspecified atom stereocenters. The normalized spacial score (nSPS) is 25.8. The first-order valence-electron chi connectivity index (χ1n) is 7.14. The van der Waals surface area contributed by atoms with E-state index in [9.17, 15) is 4.79 Å². The maximum absolute atomic E-state index is 12.6. The van der Waals surface area contributed by atoms with Gasteiger partial charge in [0.1, 0.15) is 0 Å². The molecular weight excluding hydrogens is 228 g/mol. The first-order chi connectivity index (χ1) is 8.50. The molecule has 4 nitrogen and oxygen atoms in total. The van der Waals surface area contributed by atoms with Crippen molar-refractivity contribution < 1.29 is 9.53 Å². The number of nitrogens with zero attached hydrogens (tertiary/aromatic N) is 2. The summed E-state index contributed by atoms with van der Waals surface area (Å²) in [7, 11) is 0. The molecule has 4 heteroatoms. The van der Waals surface area contributed by atoms with Crippen molar-refractivity contribution in [3.05, 3.63) is 0 Å². The second-order valence-electron chi connectivity index (χ2n) is 6.10. The van der Waals surface area contributed by atoms with Crippen molar-refractivity contribution in [2.75, 3.05) is 26.3 Å². The van der Waals surface area contributed by atoms with Crippen LogP contribution >= 0.6 is 0 Å². The molecule has 0 aromatic carbocycles. The van der Waals surface area contributed by atoms with E-state index >= 15 is 0 Å². The van der Waals surface area contributed by atoms with Gasteiger partial charge in [0.2, 0.25) is 5.91 Å². The Kier molecular flexibility index (Phi) is 4.28. The average molecular weight is 254 g/mol. The Morgan fingerprint density at radius 3 is 2.33 bits per heavy atom. The fourth-order valence-electron chi connectivity index (χ4n) is 2.91. The first kappa shape index (κ1) is 13.8. The van der Waals surface area contributed by atoms with Gasteiger partial charge in [0, 0.05) is 18.6 Å². The van der Waals surface area contributed by atoms with Crippen molar-refractivity contribution in [3.8, 4) is 0 Å². The second-order valence-corrected chi connectivity index (χ2v) is 6.10. The van der Waals surface area contributed by atoms with Crippen molar-refractivity contribution in [2.24, 2.45) is 5.92 Å².